The lowest BCUT2D eigenvalue weighted by Crippen LogP contribution is -2.26. The molecule has 0 aliphatic heterocycles. The number of carbonyl (C=O) groups is 2. The Balaban J connectivity index is 1.62. The third-order valence-corrected chi connectivity index (χ3v) is 3.38. The van der Waals surface area contributed by atoms with E-state index < -0.39 is 5.97 Å². The van der Waals surface area contributed by atoms with Gasteiger partial charge in [0, 0.05) is 12.0 Å². The van der Waals surface area contributed by atoms with Crippen molar-refractivity contribution in [3.63, 3.8) is 0 Å². The molecular weight excluding hydrogens is 258 g/mol. The van der Waals surface area contributed by atoms with E-state index in [2.05, 4.69) is 5.32 Å². The molecule has 0 bridgehead atoms. The van der Waals surface area contributed by atoms with Gasteiger partial charge in [0.15, 0.2) is 5.76 Å². The molecule has 2 aromatic rings. The van der Waals surface area contributed by atoms with Crippen molar-refractivity contribution < 1.29 is 19.1 Å². The zero-order valence-corrected chi connectivity index (χ0v) is 10.6. The molecule has 0 saturated heterocycles. The highest BCUT2D eigenvalue weighted by molar-refractivity contribution is 5.93. The summed E-state index contributed by atoms with van der Waals surface area (Å²) in [4.78, 5) is 22.6. The average Bonchev–Trinajstić information content (AvgIpc) is 3.02. The monoisotopic (exact) mass is 271 g/mol. The summed E-state index contributed by atoms with van der Waals surface area (Å²) in [6, 6.07) is 12.7. The SMILES string of the molecule is O=C(O)c1ccc(C(=O)NC2CC2c2ccccc2)o1. The fraction of sp³-hybridized carbons (Fsp3) is 0.200. The predicted molar refractivity (Wildman–Crippen MR) is 70.7 cm³/mol. The second-order valence-electron chi connectivity index (χ2n) is 4.80. The molecule has 1 heterocycles. The summed E-state index contributed by atoms with van der Waals surface area (Å²) >= 11 is 0. The second-order valence-corrected chi connectivity index (χ2v) is 4.80. The van der Waals surface area contributed by atoms with Gasteiger partial charge in [-0.25, -0.2) is 4.79 Å². The van der Waals surface area contributed by atoms with Crippen molar-refractivity contribution in [1.29, 1.82) is 0 Å². The summed E-state index contributed by atoms with van der Waals surface area (Å²) in [7, 11) is 0. The van der Waals surface area contributed by atoms with Gasteiger partial charge >= 0.3 is 5.97 Å². The van der Waals surface area contributed by atoms with Crippen LogP contribution in [0.15, 0.2) is 46.9 Å². The number of hydrogen-bond acceptors (Lipinski definition) is 3. The van der Waals surface area contributed by atoms with Crippen LogP contribution < -0.4 is 5.32 Å². The molecule has 1 amide bonds. The Morgan fingerprint density at radius 3 is 2.45 bits per heavy atom. The van der Waals surface area contributed by atoms with Gasteiger partial charge in [0.2, 0.25) is 5.76 Å². The Kier molecular flexibility index (Phi) is 3.02. The van der Waals surface area contributed by atoms with Crippen molar-refractivity contribution >= 4 is 11.9 Å². The van der Waals surface area contributed by atoms with Gasteiger partial charge in [0.1, 0.15) is 0 Å². The number of aromatic carboxylic acids is 1. The molecule has 0 radical (unpaired) electrons. The predicted octanol–water partition coefficient (Wildman–Crippen LogP) is 2.26. The molecule has 2 N–H and O–H groups in total. The van der Waals surface area contributed by atoms with E-state index in [1.54, 1.807) is 0 Å². The van der Waals surface area contributed by atoms with E-state index in [0.717, 1.165) is 6.42 Å². The van der Waals surface area contributed by atoms with Crippen molar-refractivity contribution in [2.24, 2.45) is 0 Å². The van der Waals surface area contributed by atoms with Gasteiger partial charge < -0.3 is 14.8 Å². The maximum Gasteiger partial charge on any atom is 0.371 e. The number of nitrogens with one attached hydrogen (secondary N) is 1. The summed E-state index contributed by atoms with van der Waals surface area (Å²) in [5, 5.41) is 11.6. The average molecular weight is 271 g/mol. The first-order chi connectivity index (χ1) is 9.65. The molecule has 2 atom stereocenters. The minimum Gasteiger partial charge on any atom is -0.475 e. The molecule has 20 heavy (non-hydrogen) atoms. The van der Waals surface area contributed by atoms with Crippen molar-refractivity contribution in [2.45, 2.75) is 18.4 Å². The normalized spacial score (nSPS) is 20.4. The number of carbonyl (C=O) groups excluding carboxylic acids is 1. The molecule has 5 heteroatoms. The maximum atomic E-state index is 11.9. The van der Waals surface area contributed by atoms with E-state index in [0.29, 0.717) is 5.92 Å². The standard InChI is InChI=1S/C15H13NO4/c17-14(12-6-7-13(20-12)15(18)19)16-11-8-10(11)9-4-2-1-3-5-9/h1-7,10-11H,8H2,(H,16,17)(H,18,19). The molecule has 3 rings (SSSR count). The smallest absolute Gasteiger partial charge is 0.371 e. The quantitative estimate of drug-likeness (QED) is 0.894. The molecule has 1 saturated carbocycles. The van der Waals surface area contributed by atoms with Gasteiger partial charge in [-0.3, -0.25) is 4.79 Å². The van der Waals surface area contributed by atoms with E-state index in [1.807, 2.05) is 30.3 Å². The van der Waals surface area contributed by atoms with E-state index in [-0.39, 0.29) is 23.5 Å². The Bertz CT molecular complexity index is 647. The number of hydrogen-bond donors (Lipinski definition) is 2. The number of benzene rings is 1. The van der Waals surface area contributed by atoms with Crippen LogP contribution in [0, 0.1) is 0 Å². The molecule has 1 aliphatic rings. The lowest BCUT2D eigenvalue weighted by Gasteiger charge is -2.02. The lowest BCUT2D eigenvalue weighted by molar-refractivity contribution is 0.0659. The first kappa shape index (κ1) is 12.5. The van der Waals surface area contributed by atoms with Gasteiger partial charge in [-0.2, -0.15) is 0 Å². The van der Waals surface area contributed by atoms with Crippen molar-refractivity contribution in [1.82, 2.24) is 5.32 Å². The van der Waals surface area contributed by atoms with Gasteiger partial charge in [-0.15, -0.1) is 0 Å². The van der Waals surface area contributed by atoms with Crippen LogP contribution in [-0.2, 0) is 0 Å². The van der Waals surface area contributed by atoms with Crippen LogP contribution in [0.1, 0.15) is 39.0 Å². The molecular formula is C15H13NO4. The summed E-state index contributed by atoms with van der Waals surface area (Å²) in [5.74, 6) is -1.43. The highest BCUT2D eigenvalue weighted by atomic mass is 16.4. The van der Waals surface area contributed by atoms with E-state index in [1.165, 1.54) is 17.7 Å². The fourth-order valence-corrected chi connectivity index (χ4v) is 2.24. The molecule has 1 aromatic carbocycles. The van der Waals surface area contributed by atoms with E-state index >= 15 is 0 Å². The zero-order chi connectivity index (χ0) is 14.1. The third-order valence-electron chi connectivity index (χ3n) is 3.38. The Hall–Kier alpha value is -2.56. The van der Waals surface area contributed by atoms with Crippen LogP contribution in [0.3, 0.4) is 0 Å². The molecule has 1 fully saturated rings. The van der Waals surface area contributed by atoms with Crippen LogP contribution in [0.4, 0.5) is 0 Å². The Morgan fingerprint density at radius 1 is 1.10 bits per heavy atom. The number of carboxylic acids is 1. The Morgan fingerprint density at radius 2 is 1.80 bits per heavy atom. The van der Waals surface area contributed by atoms with Crippen LogP contribution in [0.2, 0.25) is 0 Å². The molecule has 0 spiro atoms. The van der Waals surface area contributed by atoms with E-state index in [4.69, 9.17) is 9.52 Å². The minimum absolute atomic E-state index is 0.0288. The summed E-state index contributed by atoms with van der Waals surface area (Å²) < 4.78 is 4.96. The number of amides is 1. The summed E-state index contributed by atoms with van der Waals surface area (Å²) in [5.41, 5.74) is 1.20. The van der Waals surface area contributed by atoms with Crippen molar-refractivity contribution in [2.75, 3.05) is 0 Å². The first-order valence-electron chi connectivity index (χ1n) is 6.34. The first-order valence-corrected chi connectivity index (χ1v) is 6.34. The third kappa shape index (κ3) is 2.42. The highest BCUT2D eigenvalue weighted by Crippen LogP contribution is 2.40. The van der Waals surface area contributed by atoms with E-state index in [9.17, 15) is 9.59 Å². The molecule has 2 unspecified atom stereocenters. The van der Waals surface area contributed by atoms with Crippen LogP contribution in [0.25, 0.3) is 0 Å². The molecule has 1 aliphatic carbocycles. The molecule has 5 nitrogen and oxygen atoms in total. The van der Waals surface area contributed by atoms with Crippen LogP contribution in [0.5, 0.6) is 0 Å². The van der Waals surface area contributed by atoms with Gasteiger partial charge in [-0.1, -0.05) is 30.3 Å². The fourth-order valence-electron chi connectivity index (χ4n) is 2.24. The molecule has 102 valence electrons. The van der Waals surface area contributed by atoms with Crippen LogP contribution in [-0.4, -0.2) is 23.0 Å². The van der Waals surface area contributed by atoms with Crippen molar-refractivity contribution in [3.8, 4) is 0 Å². The Labute approximate surface area is 115 Å². The van der Waals surface area contributed by atoms with Gasteiger partial charge in [0.05, 0.1) is 0 Å². The summed E-state index contributed by atoms with van der Waals surface area (Å²) in [6.45, 7) is 0. The lowest BCUT2D eigenvalue weighted by atomic mass is 10.1. The second kappa shape index (κ2) is 4.85. The maximum absolute atomic E-state index is 11.9. The number of rotatable bonds is 4. The number of carboxylic acid groups (broad SMARTS) is 1. The van der Waals surface area contributed by atoms with Crippen LogP contribution >= 0.6 is 0 Å². The van der Waals surface area contributed by atoms with Gasteiger partial charge in [0.25, 0.3) is 5.91 Å². The highest BCUT2D eigenvalue weighted by Gasteiger charge is 2.39. The van der Waals surface area contributed by atoms with Crippen molar-refractivity contribution in [3.05, 3.63) is 59.5 Å². The zero-order valence-electron chi connectivity index (χ0n) is 10.6. The topological polar surface area (TPSA) is 79.5 Å². The largest absolute Gasteiger partial charge is 0.475 e. The number of furan rings is 1. The summed E-state index contributed by atoms with van der Waals surface area (Å²) in [6.07, 6.45) is 0.891. The minimum atomic E-state index is -1.18. The van der Waals surface area contributed by atoms with Gasteiger partial charge in [-0.05, 0) is 24.1 Å². The molecule has 1 aromatic heterocycles.